The number of rotatable bonds is 2. The van der Waals surface area contributed by atoms with E-state index in [1.807, 2.05) is 11.9 Å². The third kappa shape index (κ3) is 3.71. The second kappa shape index (κ2) is 5.60. The second-order valence-electron chi connectivity index (χ2n) is 6.97. The third-order valence-electron chi connectivity index (χ3n) is 4.67. The van der Waals surface area contributed by atoms with E-state index in [1.54, 1.807) is 0 Å². The molecule has 1 aliphatic heterocycles. The van der Waals surface area contributed by atoms with Crippen molar-refractivity contribution in [2.24, 2.45) is 5.41 Å². The highest BCUT2D eigenvalue weighted by Gasteiger charge is 2.28. The van der Waals surface area contributed by atoms with Crippen molar-refractivity contribution in [3.63, 3.8) is 0 Å². The topological polar surface area (TPSA) is 32.3 Å². The minimum Gasteiger partial charge on any atom is -0.344 e. The predicted molar refractivity (Wildman–Crippen MR) is 74.4 cm³/mol. The average Bonchev–Trinajstić information content (AvgIpc) is 2.46. The lowest BCUT2D eigenvalue weighted by molar-refractivity contribution is -0.132. The molecule has 1 saturated carbocycles. The van der Waals surface area contributed by atoms with Gasteiger partial charge in [-0.2, -0.15) is 0 Å². The summed E-state index contributed by atoms with van der Waals surface area (Å²) < 4.78 is 0. The monoisotopic (exact) mass is 252 g/mol. The number of likely N-dealkylation sites (N-methyl/N-ethyl adjacent to an activating group) is 1. The van der Waals surface area contributed by atoms with E-state index < -0.39 is 0 Å². The first-order chi connectivity index (χ1) is 8.46. The molecule has 18 heavy (non-hydrogen) atoms. The minimum atomic E-state index is 0.301. The van der Waals surface area contributed by atoms with Crippen LogP contribution in [0.5, 0.6) is 0 Å². The second-order valence-corrected chi connectivity index (χ2v) is 6.97. The molecular formula is C15H28N2O. The van der Waals surface area contributed by atoms with Crippen molar-refractivity contribution in [1.29, 1.82) is 0 Å². The summed E-state index contributed by atoms with van der Waals surface area (Å²) in [7, 11) is 1.92. The highest BCUT2D eigenvalue weighted by molar-refractivity contribution is 5.76. The van der Waals surface area contributed by atoms with Gasteiger partial charge in [0.25, 0.3) is 0 Å². The maximum Gasteiger partial charge on any atom is 0.222 e. The van der Waals surface area contributed by atoms with E-state index in [1.165, 1.54) is 32.1 Å². The molecular weight excluding hydrogens is 224 g/mol. The Bertz CT molecular complexity index is 301. The summed E-state index contributed by atoms with van der Waals surface area (Å²) in [4.78, 5) is 13.3. The molecule has 0 aromatic carbocycles. The summed E-state index contributed by atoms with van der Waals surface area (Å²) in [6.45, 7) is 5.67. The first kappa shape index (κ1) is 13.9. The Kier molecular flexibility index (Phi) is 4.31. The lowest BCUT2D eigenvalue weighted by atomic mass is 9.85. The van der Waals surface area contributed by atoms with Crippen LogP contribution in [0.4, 0.5) is 0 Å². The molecule has 1 aliphatic carbocycles. The molecule has 1 N–H and O–H groups in total. The Hall–Kier alpha value is -0.570. The van der Waals surface area contributed by atoms with Crippen LogP contribution in [0.1, 0.15) is 58.8 Å². The molecule has 3 nitrogen and oxygen atoms in total. The van der Waals surface area contributed by atoms with Gasteiger partial charge in [0, 0.05) is 32.1 Å². The van der Waals surface area contributed by atoms with Crippen LogP contribution < -0.4 is 5.32 Å². The van der Waals surface area contributed by atoms with Gasteiger partial charge in [-0.1, -0.05) is 20.3 Å². The van der Waals surface area contributed by atoms with Crippen LogP contribution in [0.3, 0.4) is 0 Å². The molecule has 1 heterocycles. The van der Waals surface area contributed by atoms with Gasteiger partial charge < -0.3 is 10.2 Å². The van der Waals surface area contributed by atoms with Crippen LogP contribution in [0.2, 0.25) is 0 Å². The molecule has 0 aromatic rings. The molecule has 2 aliphatic rings. The zero-order valence-corrected chi connectivity index (χ0v) is 12.2. The fourth-order valence-electron chi connectivity index (χ4n) is 3.31. The van der Waals surface area contributed by atoms with Crippen LogP contribution in [0.25, 0.3) is 0 Å². The highest BCUT2D eigenvalue weighted by atomic mass is 16.2. The van der Waals surface area contributed by atoms with Crippen molar-refractivity contribution in [3.05, 3.63) is 0 Å². The molecule has 0 aromatic heterocycles. The minimum absolute atomic E-state index is 0.301. The van der Waals surface area contributed by atoms with Gasteiger partial charge in [0.15, 0.2) is 0 Å². The van der Waals surface area contributed by atoms with Crippen LogP contribution in [-0.2, 0) is 4.79 Å². The summed E-state index contributed by atoms with van der Waals surface area (Å²) in [6.07, 6.45) is 8.35. The number of nitrogens with one attached hydrogen (secondary N) is 1. The van der Waals surface area contributed by atoms with Crippen LogP contribution in [0, 0.1) is 5.41 Å². The van der Waals surface area contributed by atoms with Crippen molar-refractivity contribution in [3.8, 4) is 0 Å². The van der Waals surface area contributed by atoms with E-state index >= 15 is 0 Å². The Morgan fingerprint density at radius 1 is 1.17 bits per heavy atom. The number of nitrogens with zero attached hydrogens (tertiary/aromatic N) is 1. The third-order valence-corrected chi connectivity index (χ3v) is 4.67. The Morgan fingerprint density at radius 3 is 2.67 bits per heavy atom. The van der Waals surface area contributed by atoms with Gasteiger partial charge >= 0.3 is 0 Å². The van der Waals surface area contributed by atoms with Crippen molar-refractivity contribution >= 4 is 5.91 Å². The smallest absolute Gasteiger partial charge is 0.222 e. The average molecular weight is 252 g/mol. The number of carbonyl (C=O) groups is 1. The Morgan fingerprint density at radius 2 is 1.94 bits per heavy atom. The molecule has 2 rings (SSSR count). The summed E-state index contributed by atoms with van der Waals surface area (Å²) >= 11 is 0. The van der Waals surface area contributed by atoms with Crippen molar-refractivity contribution in [1.82, 2.24) is 10.2 Å². The SMILES string of the molecule is CN1CC(NC2CCCC(C)(C)CC2)CCC1=O. The zero-order chi connectivity index (χ0) is 13.2. The predicted octanol–water partition coefficient (Wildman–Crippen LogP) is 2.56. The summed E-state index contributed by atoms with van der Waals surface area (Å²) in [5.74, 6) is 0.301. The van der Waals surface area contributed by atoms with E-state index in [0.717, 1.165) is 13.0 Å². The van der Waals surface area contributed by atoms with E-state index in [2.05, 4.69) is 19.2 Å². The molecule has 2 atom stereocenters. The van der Waals surface area contributed by atoms with E-state index in [0.29, 0.717) is 29.8 Å². The lowest BCUT2D eigenvalue weighted by Gasteiger charge is -2.33. The van der Waals surface area contributed by atoms with Gasteiger partial charge in [0.2, 0.25) is 5.91 Å². The number of likely N-dealkylation sites (tertiary alicyclic amines) is 1. The Labute approximate surface area is 111 Å². The van der Waals surface area contributed by atoms with Crippen molar-refractivity contribution in [2.75, 3.05) is 13.6 Å². The van der Waals surface area contributed by atoms with Crippen LogP contribution >= 0.6 is 0 Å². The lowest BCUT2D eigenvalue weighted by Crippen LogP contribution is -2.49. The number of hydrogen-bond donors (Lipinski definition) is 1. The normalized spacial score (nSPS) is 33.3. The summed E-state index contributed by atoms with van der Waals surface area (Å²) in [5.41, 5.74) is 0.524. The summed E-state index contributed by atoms with van der Waals surface area (Å²) in [5, 5.41) is 3.79. The van der Waals surface area contributed by atoms with Gasteiger partial charge in [-0.3, -0.25) is 4.79 Å². The first-order valence-electron chi connectivity index (χ1n) is 7.46. The van der Waals surface area contributed by atoms with E-state index in [9.17, 15) is 4.79 Å². The van der Waals surface area contributed by atoms with E-state index in [-0.39, 0.29) is 0 Å². The zero-order valence-electron chi connectivity index (χ0n) is 12.2. The first-order valence-corrected chi connectivity index (χ1v) is 7.46. The van der Waals surface area contributed by atoms with Gasteiger partial charge in [-0.05, 0) is 37.5 Å². The molecule has 0 spiro atoms. The van der Waals surface area contributed by atoms with Crippen LogP contribution in [0.15, 0.2) is 0 Å². The van der Waals surface area contributed by atoms with Crippen LogP contribution in [-0.4, -0.2) is 36.5 Å². The molecule has 3 heteroatoms. The number of piperidine rings is 1. The molecule has 0 radical (unpaired) electrons. The number of hydrogen-bond acceptors (Lipinski definition) is 2. The molecule has 104 valence electrons. The fraction of sp³-hybridized carbons (Fsp3) is 0.933. The van der Waals surface area contributed by atoms with Gasteiger partial charge in [-0.15, -0.1) is 0 Å². The molecule has 2 fully saturated rings. The van der Waals surface area contributed by atoms with Gasteiger partial charge in [0.05, 0.1) is 0 Å². The molecule has 0 bridgehead atoms. The van der Waals surface area contributed by atoms with Crippen molar-refractivity contribution in [2.45, 2.75) is 70.9 Å². The number of carbonyl (C=O) groups excluding carboxylic acids is 1. The molecule has 1 saturated heterocycles. The fourth-order valence-corrected chi connectivity index (χ4v) is 3.31. The van der Waals surface area contributed by atoms with E-state index in [4.69, 9.17) is 0 Å². The maximum absolute atomic E-state index is 11.5. The summed E-state index contributed by atoms with van der Waals surface area (Å²) in [6, 6.07) is 1.18. The largest absolute Gasteiger partial charge is 0.344 e. The quantitative estimate of drug-likeness (QED) is 0.766. The highest BCUT2D eigenvalue weighted by Crippen LogP contribution is 2.34. The van der Waals surface area contributed by atoms with Gasteiger partial charge in [0.1, 0.15) is 0 Å². The maximum atomic E-state index is 11.5. The Balaban J connectivity index is 1.81. The van der Waals surface area contributed by atoms with Crippen molar-refractivity contribution < 1.29 is 4.79 Å². The molecule has 2 unspecified atom stereocenters. The number of amides is 1. The van der Waals surface area contributed by atoms with Gasteiger partial charge in [-0.25, -0.2) is 0 Å². The standard InChI is InChI=1S/C15H28N2O/c1-15(2)9-4-5-12(8-10-15)16-13-6-7-14(18)17(3)11-13/h12-13,16H,4-11H2,1-3H3. The molecule has 1 amide bonds.